The molecule has 0 aliphatic carbocycles. The quantitative estimate of drug-likeness (QED) is 0.627. The second-order valence-corrected chi connectivity index (χ2v) is 5.49. The van der Waals surface area contributed by atoms with E-state index in [4.69, 9.17) is 18.6 Å². The third kappa shape index (κ3) is 3.66. The van der Waals surface area contributed by atoms with Gasteiger partial charge in [-0.1, -0.05) is 23.8 Å². The second kappa shape index (κ2) is 7.69. The number of ether oxygens (including phenoxy) is 3. The van der Waals surface area contributed by atoms with Crippen molar-refractivity contribution in [2.24, 2.45) is 0 Å². The number of benzene rings is 2. The van der Waals surface area contributed by atoms with Crippen LogP contribution in [0.25, 0.3) is 11.5 Å². The van der Waals surface area contributed by atoms with Gasteiger partial charge in [0.1, 0.15) is 5.56 Å². The lowest BCUT2D eigenvalue weighted by Crippen LogP contribution is -2.08. The van der Waals surface area contributed by atoms with Crippen LogP contribution in [0.5, 0.6) is 11.5 Å². The van der Waals surface area contributed by atoms with Crippen molar-refractivity contribution in [1.29, 1.82) is 0 Å². The highest BCUT2D eigenvalue weighted by Gasteiger charge is 2.19. The summed E-state index contributed by atoms with van der Waals surface area (Å²) in [4.78, 5) is 12.3. The molecule has 0 aliphatic heterocycles. The van der Waals surface area contributed by atoms with Gasteiger partial charge in [0.05, 0.1) is 14.2 Å². The van der Waals surface area contributed by atoms with E-state index in [9.17, 15) is 4.79 Å². The summed E-state index contributed by atoms with van der Waals surface area (Å²) in [6, 6.07) is 12.7. The number of aromatic nitrogens is 2. The number of hydrogen-bond donors (Lipinski definition) is 0. The molecule has 0 saturated heterocycles. The van der Waals surface area contributed by atoms with Crippen LogP contribution in [0.3, 0.4) is 0 Å². The number of carbonyl (C=O) groups is 1. The number of aryl methyl sites for hydroxylation is 1. The molecule has 0 bridgehead atoms. The average Bonchev–Trinajstić information content (AvgIpc) is 3.14. The number of para-hydroxylation sites is 1. The highest BCUT2D eigenvalue weighted by atomic mass is 16.5. The van der Waals surface area contributed by atoms with Gasteiger partial charge in [-0.25, -0.2) is 4.79 Å². The fourth-order valence-corrected chi connectivity index (χ4v) is 2.46. The number of nitrogens with zero attached hydrogens (tertiary/aromatic N) is 2. The van der Waals surface area contributed by atoms with Crippen LogP contribution in [0.2, 0.25) is 0 Å². The van der Waals surface area contributed by atoms with Crippen molar-refractivity contribution in [3.05, 3.63) is 59.5 Å². The van der Waals surface area contributed by atoms with Gasteiger partial charge < -0.3 is 18.6 Å². The van der Waals surface area contributed by atoms with Gasteiger partial charge in [-0.3, -0.25) is 0 Å². The van der Waals surface area contributed by atoms with Gasteiger partial charge >= 0.3 is 5.97 Å². The second-order valence-electron chi connectivity index (χ2n) is 5.49. The summed E-state index contributed by atoms with van der Waals surface area (Å²) in [5.74, 6) is 0.763. The summed E-state index contributed by atoms with van der Waals surface area (Å²) in [7, 11) is 2.96. The van der Waals surface area contributed by atoms with Gasteiger partial charge in [0.15, 0.2) is 18.1 Å². The first kappa shape index (κ1) is 17.5. The Morgan fingerprint density at radius 3 is 2.62 bits per heavy atom. The van der Waals surface area contributed by atoms with Crippen LogP contribution in [0, 0.1) is 6.92 Å². The lowest BCUT2D eigenvalue weighted by molar-refractivity contribution is 0.0434. The maximum Gasteiger partial charge on any atom is 0.342 e. The van der Waals surface area contributed by atoms with E-state index in [1.807, 2.05) is 31.2 Å². The van der Waals surface area contributed by atoms with E-state index >= 15 is 0 Å². The summed E-state index contributed by atoms with van der Waals surface area (Å²) in [5.41, 5.74) is 2.15. The molecule has 7 nitrogen and oxygen atoms in total. The summed E-state index contributed by atoms with van der Waals surface area (Å²) >= 11 is 0. The molecule has 3 aromatic rings. The van der Waals surface area contributed by atoms with Crippen LogP contribution in [-0.2, 0) is 11.3 Å². The maximum atomic E-state index is 12.3. The highest BCUT2D eigenvalue weighted by molar-refractivity contribution is 5.93. The standard InChI is InChI=1S/C19H18N2O5/c1-12-6-4-7-13(10-12)18-21-20-16(26-18)11-25-19(22)14-8-5-9-15(23-2)17(14)24-3/h4-10H,11H2,1-3H3. The number of carbonyl (C=O) groups excluding carboxylic acids is 1. The largest absolute Gasteiger partial charge is 0.493 e. The zero-order valence-corrected chi connectivity index (χ0v) is 14.7. The van der Waals surface area contributed by atoms with E-state index in [0.29, 0.717) is 17.4 Å². The van der Waals surface area contributed by atoms with E-state index in [-0.39, 0.29) is 18.1 Å². The fraction of sp³-hybridized carbons (Fsp3) is 0.211. The number of hydrogen-bond acceptors (Lipinski definition) is 7. The average molecular weight is 354 g/mol. The first-order chi connectivity index (χ1) is 12.6. The van der Waals surface area contributed by atoms with Gasteiger partial charge in [-0.15, -0.1) is 10.2 Å². The topological polar surface area (TPSA) is 83.7 Å². The zero-order valence-electron chi connectivity index (χ0n) is 14.7. The SMILES string of the molecule is COc1cccc(C(=O)OCc2nnc(-c3cccc(C)c3)o2)c1OC. The number of methoxy groups -OCH3 is 2. The van der Waals surface area contributed by atoms with Crippen LogP contribution in [0.15, 0.2) is 46.9 Å². The van der Waals surface area contributed by atoms with Crippen LogP contribution in [-0.4, -0.2) is 30.4 Å². The van der Waals surface area contributed by atoms with Gasteiger partial charge in [0.2, 0.25) is 5.89 Å². The molecule has 0 fully saturated rings. The maximum absolute atomic E-state index is 12.3. The number of rotatable bonds is 6. The third-order valence-electron chi connectivity index (χ3n) is 3.68. The van der Waals surface area contributed by atoms with Crippen molar-refractivity contribution >= 4 is 5.97 Å². The summed E-state index contributed by atoms with van der Waals surface area (Å²) < 4.78 is 21.2. The molecule has 0 spiro atoms. The molecule has 0 aliphatic rings. The van der Waals surface area contributed by atoms with Gasteiger partial charge in [-0.05, 0) is 31.2 Å². The molecular formula is C19H18N2O5. The molecule has 0 radical (unpaired) electrons. The van der Waals surface area contributed by atoms with Crippen LogP contribution >= 0.6 is 0 Å². The Morgan fingerprint density at radius 2 is 1.88 bits per heavy atom. The predicted molar refractivity (Wildman–Crippen MR) is 93.1 cm³/mol. The van der Waals surface area contributed by atoms with E-state index in [1.165, 1.54) is 14.2 Å². The highest BCUT2D eigenvalue weighted by Crippen LogP contribution is 2.31. The summed E-state index contributed by atoms with van der Waals surface area (Å²) in [5, 5.41) is 7.90. The molecule has 0 N–H and O–H groups in total. The Balaban J connectivity index is 1.71. The predicted octanol–water partition coefficient (Wildman–Crippen LogP) is 3.42. The Hall–Kier alpha value is -3.35. The minimum absolute atomic E-state index is 0.141. The first-order valence-corrected chi connectivity index (χ1v) is 7.90. The van der Waals surface area contributed by atoms with Crippen molar-refractivity contribution in [1.82, 2.24) is 10.2 Å². The molecule has 3 rings (SSSR count). The Bertz CT molecular complexity index is 920. The Labute approximate surface area is 150 Å². The van der Waals surface area contributed by atoms with Crippen LogP contribution in [0.1, 0.15) is 21.8 Å². The molecule has 1 aromatic heterocycles. The van der Waals surface area contributed by atoms with E-state index in [1.54, 1.807) is 18.2 Å². The Morgan fingerprint density at radius 1 is 1.08 bits per heavy atom. The number of esters is 1. The van der Waals surface area contributed by atoms with Crippen molar-refractivity contribution in [2.75, 3.05) is 14.2 Å². The molecule has 0 atom stereocenters. The summed E-state index contributed by atoms with van der Waals surface area (Å²) in [6.45, 7) is 1.84. The minimum atomic E-state index is -0.573. The van der Waals surface area contributed by atoms with Gasteiger partial charge in [0, 0.05) is 5.56 Å². The molecule has 26 heavy (non-hydrogen) atoms. The van der Waals surface area contributed by atoms with Crippen molar-refractivity contribution in [2.45, 2.75) is 13.5 Å². The van der Waals surface area contributed by atoms with Gasteiger partial charge in [0.25, 0.3) is 5.89 Å². The molecule has 0 saturated carbocycles. The molecule has 2 aromatic carbocycles. The fourth-order valence-electron chi connectivity index (χ4n) is 2.46. The third-order valence-corrected chi connectivity index (χ3v) is 3.68. The van der Waals surface area contributed by atoms with Crippen molar-refractivity contribution in [3.8, 4) is 23.0 Å². The molecule has 1 heterocycles. The molecular weight excluding hydrogens is 336 g/mol. The Kier molecular flexibility index (Phi) is 5.17. The van der Waals surface area contributed by atoms with Gasteiger partial charge in [-0.2, -0.15) is 0 Å². The van der Waals surface area contributed by atoms with E-state index in [0.717, 1.165) is 11.1 Å². The zero-order chi connectivity index (χ0) is 18.5. The molecule has 7 heteroatoms. The summed E-state index contributed by atoms with van der Waals surface area (Å²) in [6.07, 6.45) is 0. The van der Waals surface area contributed by atoms with Crippen LogP contribution in [0.4, 0.5) is 0 Å². The van der Waals surface area contributed by atoms with E-state index < -0.39 is 5.97 Å². The molecule has 0 amide bonds. The van der Waals surface area contributed by atoms with E-state index in [2.05, 4.69) is 10.2 Å². The lowest BCUT2D eigenvalue weighted by atomic mass is 10.1. The first-order valence-electron chi connectivity index (χ1n) is 7.90. The normalized spacial score (nSPS) is 10.4. The van der Waals surface area contributed by atoms with Crippen molar-refractivity contribution < 1.29 is 23.4 Å². The molecule has 0 unspecified atom stereocenters. The monoisotopic (exact) mass is 354 g/mol. The smallest absolute Gasteiger partial charge is 0.342 e. The lowest BCUT2D eigenvalue weighted by Gasteiger charge is -2.11. The van der Waals surface area contributed by atoms with Crippen LogP contribution < -0.4 is 9.47 Å². The molecule has 134 valence electrons. The minimum Gasteiger partial charge on any atom is -0.493 e. The van der Waals surface area contributed by atoms with Crippen molar-refractivity contribution in [3.63, 3.8) is 0 Å².